The lowest BCUT2D eigenvalue weighted by Crippen LogP contribution is -2.13. The predicted octanol–water partition coefficient (Wildman–Crippen LogP) is 2.61. The first kappa shape index (κ1) is 12.7. The molecule has 0 aliphatic heterocycles. The lowest BCUT2D eigenvalue weighted by atomic mass is 10.2. The molecule has 0 aliphatic rings. The van der Waals surface area contributed by atoms with E-state index < -0.39 is 16.2 Å². The Kier molecular flexibility index (Phi) is 4.04. The third kappa shape index (κ3) is 3.05. The Balaban J connectivity index is 2.98. The van der Waals surface area contributed by atoms with Gasteiger partial charge in [0.25, 0.3) is 10.1 Å². The topological polar surface area (TPSA) is 43.4 Å². The minimum atomic E-state index is -3.70. The average Bonchev–Trinajstić information content (AvgIpc) is 2.28. The van der Waals surface area contributed by atoms with Crippen LogP contribution in [0.3, 0.4) is 0 Å². The summed E-state index contributed by atoms with van der Waals surface area (Å²) in [5.41, 5.74) is 0.857. The van der Waals surface area contributed by atoms with Gasteiger partial charge in [0.05, 0.1) is 11.0 Å². The van der Waals surface area contributed by atoms with E-state index in [-0.39, 0.29) is 4.90 Å². The van der Waals surface area contributed by atoms with E-state index in [1.54, 1.807) is 25.1 Å². The van der Waals surface area contributed by atoms with Crippen LogP contribution in [0, 0.1) is 0 Å². The highest BCUT2D eigenvalue weighted by molar-refractivity contribution is 7.86. The quantitative estimate of drug-likeness (QED) is 0.585. The van der Waals surface area contributed by atoms with Crippen molar-refractivity contribution < 1.29 is 12.6 Å². The van der Waals surface area contributed by atoms with E-state index in [4.69, 9.17) is 4.18 Å². The zero-order chi connectivity index (χ0) is 12.2. The van der Waals surface area contributed by atoms with Crippen LogP contribution in [-0.2, 0) is 14.3 Å². The Hall–Kier alpha value is -1.39. The summed E-state index contributed by atoms with van der Waals surface area (Å²) in [5, 5.41) is 0. The molecule has 0 fully saturated rings. The molecule has 1 rings (SSSR count). The van der Waals surface area contributed by atoms with Crippen molar-refractivity contribution in [3.63, 3.8) is 0 Å². The highest BCUT2D eigenvalue weighted by atomic mass is 32.2. The summed E-state index contributed by atoms with van der Waals surface area (Å²) in [5.74, 6) is 0. The van der Waals surface area contributed by atoms with Gasteiger partial charge in [-0.05, 0) is 24.6 Å². The Morgan fingerprint density at radius 3 is 2.25 bits per heavy atom. The van der Waals surface area contributed by atoms with Crippen LogP contribution in [0.2, 0.25) is 0 Å². The second-order valence-electron chi connectivity index (χ2n) is 3.26. The zero-order valence-electron chi connectivity index (χ0n) is 9.09. The standard InChI is InChI=1S/C12H14O3S/c1-4-10(3)15-16(13,14)12-8-6-11(5-2)7-9-12/h4-10H,1-2H2,3H3. The van der Waals surface area contributed by atoms with Crippen molar-refractivity contribution >= 4 is 16.2 Å². The van der Waals surface area contributed by atoms with Gasteiger partial charge in [0, 0.05) is 0 Å². The molecule has 0 spiro atoms. The molecule has 86 valence electrons. The van der Waals surface area contributed by atoms with Crippen LogP contribution < -0.4 is 0 Å². The van der Waals surface area contributed by atoms with E-state index in [1.807, 2.05) is 0 Å². The first-order chi connectivity index (χ1) is 7.49. The van der Waals surface area contributed by atoms with Crippen molar-refractivity contribution in [1.29, 1.82) is 0 Å². The molecule has 1 aromatic carbocycles. The smallest absolute Gasteiger partial charge is 0.259 e. The number of rotatable bonds is 5. The van der Waals surface area contributed by atoms with Gasteiger partial charge in [0.2, 0.25) is 0 Å². The molecule has 0 saturated heterocycles. The van der Waals surface area contributed by atoms with E-state index in [2.05, 4.69) is 13.2 Å². The maximum absolute atomic E-state index is 11.7. The van der Waals surface area contributed by atoms with Crippen LogP contribution in [0.4, 0.5) is 0 Å². The molecule has 0 bridgehead atoms. The van der Waals surface area contributed by atoms with Crippen molar-refractivity contribution in [2.24, 2.45) is 0 Å². The lowest BCUT2D eigenvalue weighted by Gasteiger charge is -2.08. The molecule has 1 unspecified atom stereocenters. The molecule has 0 N–H and O–H groups in total. The first-order valence-corrected chi connectivity index (χ1v) is 6.19. The van der Waals surface area contributed by atoms with E-state index in [0.29, 0.717) is 0 Å². The maximum atomic E-state index is 11.7. The molecule has 16 heavy (non-hydrogen) atoms. The van der Waals surface area contributed by atoms with Crippen molar-refractivity contribution in [3.8, 4) is 0 Å². The van der Waals surface area contributed by atoms with Crippen LogP contribution in [0.15, 0.2) is 48.4 Å². The van der Waals surface area contributed by atoms with Crippen LogP contribution in [-0.4, -0.2) is 14.5 Å². The van der Waals surface area contributed by atoms with Gasteiger partial charge in [0.1, 0.15) is 0 Å². The first-order valence-electron chi connectivity index (χ1n) is 4.78. The summed E-state index contributed by atoms with van der Waals surface area (Å²) in [4.78, 5) is 0.131. The zero-order valence-corrected chi connectivity index (χ0v) is 9.91. The molecule has 0 amide bonds. The minimum absolute atomic E-state index is 0.131. The molecule has 0 saturated carbocycles. The molecule has 0 heterocycles. The highest BCUT2D eigenvalue weighted by Crippen LogP contribution is 2.15. The highest BCUT2D eigenvalue weighted by Gasteiger charge is 2.16. The Labute approximate surface area is 96.2 Å². The van der Waals surface area contributed by atoms with Gasteiger partial charge in [-0.1, -0.05) is 30.9 Å². The molecule has 0 aliphatic carbocycles. The SMILES string of the molecule is C=Cc1ccc(S(=O)(=O)OC(C)C=C)cc1. The van der Waals surface area contributed by atoms with Gasteiger partial charge in [-0.2, -0.15) is 8.42 Å². The summed E-state index contributed by atoms with van der Waals surface area (Å²) in [6.45, 7) is 8.67. The van der Waals surface area contributed by atoms with E-state index in [0.717, 1.165) is 5.56 Å². The molecule has 3 nitrogen and oxygen atoms in total. The Morgan fingerprint density at radius 2 is 1.81 bits per heavy atom. The van der Waals surface area contributed by atoms with Crippen LogP contribution in [0.25, 0.3) is 6.08 Å². The van der Waals surface area contributed by atoms with Crippen molar-refractivity contribution in [3.05, 3.63) is 49.1 Å². The average molecular weight is 238 g/mol. The summed E-state index contributed by atoms with van der Waals surface area (Å²) in [6.07, 6.45) is 2.53. The second-order valence-corrected chi connectivity index (χ2v) is 4.84. The van der Waals surface area contributed by atoms with Gasteiger partial charge in [-0.25, -0.2) is 0 Å². The van der Waals surface area contributed by atoms with Gasteiger partial charge in [0.15, 0.2) is 0 Å². The van der Waals surface area contributed by atoms with E-state index in [9.17, 15) is 8.42 Å². The van der Waals surface area contributed by atoms with Gasteiger partial charge in [-0.15, -0.1) is 6.58 Å². The normalized spacial score (nSPS) is 13.1. The Bertz CT molecular complexity index is 471. The third-order valence-electron chi connectivity index (χ3n) is 2.01. The third-order valence-corrected chi connectivity index (χ3v) is 3.42. The van der Waals surface area contributed by atoms with Crippen molar-refractivity contribution in [2.45, 2.75) is 17.9 Å². The predicted molar refractivity (Wildman–Crippen MR) is 64.5 cm³/mol. The summed E-state index contributed by atoms with van der Waals surface area (Å²) in [6, 6.07) is 6.31. The van der Waals surface area contributed by atoms with Crippen molar-refractivity contribution in [2.75, 3.05) is 0 Å². The number of hydrogen-bond donors (Lipinski definition) is 0. The monoisotopic (exact) mass is 238 g/mol. The number of hydrogen-bond acceptors (Lipinski definition) is 3. The molecule has 1 aromatic rings. The van der Waals surface area contributed by atoms with Gasteiger partial charge in [-0.3, -0.25) is 4.18 Å². The van der Waals surface area contributed by atoms with E-state index in [1.165, 1.54) is 18.2 Å². The molecule has 4 heteroatoms. The number of benzene rings is 1. The molecule has 0 aromatic heterocycles. The Morgan fingerprint density at radius 1 is 1.25 bits per heavy atom. The minimum Gasteiger partial charge on any atom is -0.259 e. The van der Waals surface area contributed by atoms with Crippen LogP contribution in [0.5, 0.6) is 0 Å². The fourth-order valence-electron chi connectivity index (χ4n) is 1.07. The lowest BCUT2D eigenvalue weighted by molar-refractivity contribution is 0.275. The maximum Gasteiger partial charge on any atom is 0.297 e. The van der Waals surface area contributed by atoms with Gasteiger partial charge < -0.3 is 0 Å². The van der Waals surface area contributed by atoms with Crippen LogP contribution >= 0.6 is 0 Å². The molecule has 1 atom stereocenters. The fourth-order valence-corrected chi connectivity index (χ4v) is 2.12. The molecule has 0 radical (unpaired) electrons. The summed E-state index contributed by atoms with van der Waals surface area (Å²) < 4.78 is 28.3. The second kappa shape index (κ2) is 5.09. The largest absolute Gasteiger partial charge is 0.297 e. The molecular weight excluding hydrogens is 224 g/mol. The van der Waals surface area contributed by atoms with Gasteiger partial charge >= 0.3 is 0 Å². The fraction of sp³-hybridized carbons (Fsp3) is 0.167. The van der Waals surface area contributed by atoms with Crippen LogP contribution in [0.1, 0.15) is 12.5 Å². The summed E-state index contributed by atoms with van der Waals surface area (Å²) >= 11 is 0. The van der Waals surface area contributed by atoms with E-state index >= 15 is 0 Å². The molecular formula is C12H14O3S. The van der Waals surface area contributed by atoms with Crippen molar-refractivity contribution in [1.82, 2.24) is 0 Å². The summed E-state index contributed by atoms with van der Waals surface area (Å²) in [7, 11) is -3.70.